The van der Waals surface area contributed by atoms with Crippen LogP contribution >= 0.6 is 24.0 Å². The maximum atomic E-state index is 12.0. The highest BCUT2D eigenvalue weighted by Gasteiger charge is 2.33. The van der Waals surface area contributed by atoms with Gasteiger partial charge in [0, 0.05) is 26.8 Å². The SMILES string of the molecule is CCNC(=NCc1cccc(S(=O)(=O)NC)c1)NCC1(CCOC)CCCC1.I. The Hall–Kier alpha value is -0.910. The normalized spacial score (nSPS) is 16.3. The van der Waals surface area contributed by atoms with Gasteiger partial charge in [0.05, 0.1) is 11.4 Å². The first-order valence-corrected chi connectivity index (χ1v) is 11.5. The van der Waals surface area contributed by atoms with Crippen LogP contribution in [0.1, 0.15) is 44.6 Å². The minimum absolute atomic E-state index is 0. The number of sulfonamides is 1. The molecule has 1 fully saturated rings. The summed E-state index contributed by atoms with van der Waals surface area (Å²) in [5.41, 5.74) is 1.12. The van der Waals surface area contributed by atoms with Gasteiger partial charge in [0.15, 0.2) is 5.96 Å². The molecule has 0 aromatic heterocycles. The van der Waals surface area contributed by atoms with E-state index in [0.717, 1.165) is 37.6 Å². The average Bonchev–Trinajstić information content (AvgIpc) is 3.18. The van der Waals surface area contributed by atoms with E-state index in [2.05, 4.69) is 20.3 Å². The van der Waals surface area contributed by atoms with Crippen molar-refractivity contribution >= 4 is 40.0 Å². The Balaban J connectivity index is 0.00000420. The molecule has 0 saturated heterocycles. The first-order chi connectivity index (χ1) is 13.4. The number of nitrogens with zero attached hydrogens (tertiary/aromatic N) is 1. The average molecular weight is 538 g/mol. The molecule has 2 rings (SSSR count). The topological polar surface area (TPSA) is 91.8 Å². The number of benzene rings is 1. The fourth-order valence-corrected chi connectivity index (χ4v) is 4.47. The van der Waals surface area contributed by atoms with Crippen LogP contribution in [0.4, 0.5) is 0 Å². The van der Waals surface area contributed by atoms with Gasteiger partial charge in [-0.25, -0.2) is 18.1 Å². The molecule has 0 aliphatic heterocycles. The van der Waals surface area contributed by atoms with Gasteiger partial charge >= 0.3 is 0 Å². The van der Waals surface area contributed by atoms with Gasteiger partial charge in [0.1, 0.15) is 0 Å². The molecule has 1 aliphatic rings. The van der Waals surface area contributed by atoms with Crippen molar-refractivity contribution in [1.29, 1.82) is 0 Å². The quantitative estimate of drug-likeness (QED) is 0.242. The monoisotopic (exact) mass is 538 g/mol. The van der Waals surface area contributed by atoms with Crippen molar-refractivity contribution in [3.8, 4) is 0 Å². The Labute approximate surface area is 192 Å². The number of aliphatic imine (C=N–C) groups is 1. The van der Waals surface area contributed by atoms with Gasteiger partial charge in [-0.05, 0) is 56.3 Å². The van der Waals surface area contributed by atoms with Crippen LogP contribution in [0.3, 0.4) is 0 Å². The molecular formula is C20H35IN4O3S. The molecule has 166 valence electrons. The highest BCUT2D eigenvalue weighted by atomic mass is 127. The fraction of sp³-hybridized carbons (Fsp3) is 0.650. The van der Waals surface area contributed by atoms with E-state index in [1.54, 1.807) is 25.3 Å². The van der Waals surface area contributed by atoms with Crippen molar-refractivity contribution in [2.45, 2.75) is 50.5 Å². The molecule has 1 aliphatic carbocycles. The minimum atomic E-state index is -3.45. The highest BCUT2D eigenvalue weighted by Crippen LogP contribution is 2.40. The lowest BCUT2D eigenvalue weighted by molar-refractivity contribution is 0.138. The second kappa shape index (κ2) is 12.7. The molecule has 1 aromatic carbocycles. The largest absolute Gasteiger partial charge is 0.385 e. The molecule has 0 amide bonds. The maximum absolute atomic E-state index is 12.0. The number of hydrogen-bond acceptors (Lipinski definition) is 4. The van der Waals surface area contributed by atoms with E-state index < -0.39 is 10.0 Å². The van der Waals surface area contributed by atoms with Crippen LogP contribution in [-0.2, 0) is 21.3 Å². The summed E-state index contributed by atoms with van der Waals surface area (Å²) >= 11 is 0. The lowest BCUT2D eigenvalue weighted by atomic mass is 9.83. The summed E-state index contributed by atoms with van der Waals surface area (Å²) < 4.78 is 31.6. The third-order valence-electron chi connectivity index (χ3n) is 5.37. The van der Waals surface area contributed by atoms with Gasteiger partial charge in [0.25, 0.3) is 0 Å². The maximum Gasteiger partial charge on any atom is 0.240 e. The van der Waals surface area contributed by atoms with Crippen molar-refractivity contribution in [1.82, 2.24) is 15.4 Å². The predicted molar refractivity (Wildman–Crippen MR) is 128 cm³/mol. The van der Waals surface area contributed by atoms with Crippen molar-refractivity contribution in [2.24, 2.45) is 10.4 Å². The number of methoxy groups -OCH3 is 1. The van der Waals surface area contributed by atoms with Crippen LogP contribution in [-0.4, -0.2) is 48.2 Å². The summed E-state index contributed by atoms with van der Waals surface area (Å²) in [4.78, 5) is 4.91. The van der Waals surface area contributed by atoms with E-state index in [4.69, 9.17) is 4.74 Å². The van der Waals surface area contributed by atoms with Crippen molar-refractivity contribution in [3.63, 3.8) is 0 Å². The lowest BCUT2D eigenvalue weighted by Gasteiger charge is -2.30. The van der Waals surface area contributed by atoms with Gasteiger partial charge in [-0.2, -0.15) is 0 Å². The number of hydrogen-bond donors (Lipinski definition) is 3. The third kappa shape index (κ3) is 8.03. The standard InChI is InChI=1S/C20H34N4O3S.HI/c1-4-22-19(24-16-20(12-13-27-3)10-5-6-11-20)23-15-17-8-7-9-18(14-17)28(25,26)21-2;/h7-9,14,21H,4-6,10-13,15-16H2,1-3H3,(H2,22,23,24);1H. The van der Waals surface area contributed by atoms with Gasteiger partial charge in [0.2, 0.25) is 10.0 Å². The Morgan fingerprint density at radius 2 is 1.97 bits per heavy atom. The molecule has 0 heterocycles. The molecule has 7 nitrogen and oxygen atoms in total. The molecule has 29 heavy (non-hydrogen) atoms. The van der Waals surface area contributed by atoms with Gasteiger partial charge in [-0.3, -0.25) is 0 Å². The Morgan fingerprint density at radius 3 is 2.59 bits per heavy atom. The van der Waals surface area contributed by atoms with Crippen molar-refractivity contribution < 1.29 is 13.2 Å². The summed E-state index contributed by atoms with van der Waals surface area (Å²) in [5, 5.41) is 6.77. The number of guanidine groups is 1. The summed E-state index contributed by atoms with van der Waals surface area (Å²) in [6, 6.07) is 6.88. The molecule has 0 radical (unpaired) electrons. The zero-order valence-electron chi connectivity index (χ0n) is 17.7. The molecular weight excluding hydrogens is 503 g/mol. The van der Waals surface area contributed by atoms with Gasteiger partial charge in [-0.1, -0.05) is 25.0 Å². The Morgan fingerprint density at radius 1 is 1.24 bits per heavy atom. The zero-order valence-corrected chi connectivity index (χ0v) is 20.8. The first kappa shape index (κ1) is 26.1. The second-order valence-corrected chi connectivity index (χ2v) is 9.24. The lowest BCUT2D eigenvalue weighted by Crippen LogP contribution is -2.43. The van der Waals surface area contributed by atoms with Crippen LogP contribution in [0.2, 0.25) is 0 Å². The molecule has 0 bridgehead atoms. The molecule has 0 spiro atoms. The molecule has 0 unspecified atom stereocenters. The summed E-state index contributed by atoms with van der Waals surface area (Å²) in [6.45, 7) is 4.87. The summed E-state index contributed by atoms with van der Waals surface area (Å²) in [6.07, 6.45) is 6.02. The number of ether oxygens (including phenoxy) is 1. The molecule has 9 heteroatoms. The van der Waals surface area contributed by atoms with E-state index in [0.29, 0.717) is 6.54 Å². The van der Waals surface area contributed by atoms with Crippen LogP contribution in [0, 0.1) is 5.41 Å². The number of nitrogens with one attached hydrogen (secondary N) is 3. The van der Waals surface area contributed by atoms with Gasteiger partial charge < -0.3 is 15.4 Å². The van der Waals surface area contributed by atoms with Crippen molar-refractivity contribution in [3.05, 3.63) is 29.8 Å². The van der Waals surface area contributed by atoms with E-state index >= 15 is 0 Å². The minimum Gasteiger partial charge on any atom is -0.385 e. The molecule has 1 saturated carbocycles. The highest BCUT2D eigenvalue weighted by molar-refractivity contribution is 14.0. The van der Waals surface area contributed by atoms with E-state index in [9.17, 15) is 8.42 Å². The third-order valence-corrected chi connectivity index (χ3v) is 6.79. The van der Waals surface area contributed by atoms with Gasteiger partial charge in [-0.15, -0.1) is 24.0 Å². The van der Waals surface area contributed by atoms with Crippen LogP contribution in [0.25, 0.3) is 0 Å². The summed E-state index contributed by atoms with van der Waals surface area (Å²) in [5.74, 6) is 0.757. The van der Waals surface area contributed by atoms with Crippen molar-refractivity contribution in [2.75, 3.05) is 33.9 Å². The zero-order chi connectivity index (χ0) is 20.5. The number of halogens is 1. The second-order valence-electron chi connectivity index (χ2n) is 7.35. The van der Waals surface area contributed by atoms with E-state index in [-0.39, 0.29) is 34.3 Å². The van der Waals surface area contributed by atoms with E-state index in [1.807, 2.05) is 13.0 Å². The molecule has 0 atom stereocenters. The molecule has 3 N–H and O–H groups in total. The van der Waals surface area contributed by atoms with E-state index in [1.165, 1.54) is 32.7 Å². The first-order valence-electron chi connectivity index (χ1n) is 9.98. The smallest absolute Gasteiger partial charge is 0.240 e. The summed E-state index contributed by atoms with van der Waals surface area (Å²) in [7, 11) is -0.283. The fourth-order valence-electron chi connectivity index (χ4n) is 3.67. The van der Waals surface area contributed by atoms with Crippen LogP contribution in [0.5, 0.6) is 0 Å². The Bertz CT molecular complexity index is 750. The van der Waals surface area contributed by atoms with Crippen LogP contribution < -0.4 is 15.4 Å². The predicted octanol–water partition coefficient (Wildman–Crippen LogP) is 2.86. The number of rotatable bonds is 10. The Kier molecular flexibility index (Phi) is 11.4. The molecule has 1 aromatic rings. The van der Waals surface area contributed by atoms with Crippen LogP contribution in [0.15, 0.2) is 34.2 Å².